The molecule has 1 amide bonds. The molecule has 9 nitrogen and oxygen atoms in total. The van der Waals surface area contributed by atoms with E-state index >= 15 is 0 Å². The maximum Gasteiger partial charge on any atom is 0.408 e. The predicted molar refractivity (Wildman–Crippen MR) is 68.3 cm³/mol. The molecule has 2 N–H and O–H groups in total. The summed E-state index contributed by atoms with van der Waals surface area (Å²) in [4.78, 5) is 45.9. The molecule has 0 saturated carbocycles. The zero-order chi connectivity index (χ0) is 16.8. The summed E-state index contributed by atoms with van der Waals surface area (Å²) < 4.78 is 13.6. The molecule has 2 atom stereocenters. The van der Waals surface area contributed by atoms with E-state index in [1.54, 1.807) is 20.8 Å². The second kappa shape index (κ2) is 7.46. The van der Waals surface area contributed by atoms with E-state index in [-0.39, 0.29) is 0 Å². The molecule has 21 heavy (non-hydrogen) atoms. The van der Waals surface area contributed by atoms with Crippen molar-refractivity contribution in [3.63, 3.8) is 0 Å². The Morgan fingerprint density at radius 2 is 1.48 bits per heavy atom. The van der Waals surface area contributed by atoms with Crippen LogP contribution >= 0.6 is 0 Å². The van der Waals surface area contributed by atoms with Gasteiger partial charge in [0.2, 0.25) is 0 Å². The number of esters is 2. The first kappa shape index (κ1) is 18.7. The smallest absolute Gasteiger partial charge is 0.408 e. The SMILES string of the molecule is COC(=O)C(NC(=O)OC(C)(C)C)C(C(=O)O)C(=O)OC. The molecule has 0 aromatic carbocycles. The van der Waals surface area contributed by atoms with Crippen LogP contribution in [0.2, 0.25) is 0 Å². The van der Waals surface area contributed by atoms with Crippen molar-refractivity contribution in [2.75, 3.05) is 14.2 Å². The third kappa shape index (κ3) is 6.11. The third-order valence-corrected chi connectivity index (χ3v) is 2.18. The van der Waals surface area contributed by atoms with Crippen LogP contribution in [0.4, 0.5) is 4.79 Å². The van der Waals surface area contributed by atoms with Crippen molar-refractivity contribution in [3.05, 3.63) is 0 Å². The molecule has 0 rings (SSSR count). The summed E-state index contributed by atoms with van der Waals surface area (Å²) in [6.07, 6.45) is -1.06. The molecular formula is C12H19NO8. The van der Waals surface area contributed by atoms with Crippen LogP contribution in [0, 0.1) is 5.92 Å². The summed E-state index contributed by atoms with van der Waals surface area (Å²) in [6.45, 7) is 4.73. The van der Waals surface area contributed by atoms with E-state index in [2.05, 4.69) is 9.47 Å². The van der Waals surface area contributed by atoms with Gasteiger partial charge < -0.3 is 24.6 Å². The maximum atomic E-state index is 11.6. The number of amides is 1. The van der Waals surface area contributed by atoms with Gasteiger partial charge in [0.1, 0.15) is 5.60 Å². The maximum absolute atomic E-state index is 11.6. The Kier molecular flexibility index (Phi) is 6.64. The highest BCUT2D eigenvalue weighted by Gasteiger charge is 2.43. The van der Waals surface area contributed by atoms with Gasteiger partial charge in [0.05, 0.1) is 14.2 Å². The molecule has 0 aromatic heterocycles. The average molecular weight is 305 g/mol. The van der Waals surface area contributed by atoms with Crippen LogP contribution in [0.15, 0.2) is 0 Å². The fraction of sp³-hybridized carbons (Fsp3) is 0.667. The number of hydrogen-bond acceptors (Lipinski definition) is 7. The Hall–Kier alpha value is -2.32. The van der Waals surface area contributed by atoms with E-state index in [0.29, 0.717) is 0 Å². The van der Waals surface area contributed by atoms with Crippen LogP contribution in [0.3, 0.4) is 0 Å². The van der Waals surface area contributed by atoms with Gasteiger partial charge in [0.25, 0.3) is 0 Å². The number of nitrogens with one attached hydrogen (secondary N) is 1. The Bertz CT molecular complexity index is 425. The number of aliphatic carboxylic acids is 1. The number of carbonyl (C=O) groups is 4. The van der Waals surface area contributed by atoms with Gasteiger partial charge in [0, 0.05) is 0 Å². The van der Waals surface area contributed by atoms with Crippen molar-refractivity contribution in [1.29, 1.82) is 0 Å². The van der Waals surface area contributed by atoms with Crippen LogP contribution < -0.4 is 5.32 Å². The zero-order valence-corrected chi connectivity index (χ0v) is 12.5. The number of carboxylic acids is 1. The summed E-state index contributed by atoms with van der Waals surface area (Å²) in [5.74, 6) is -5.91. The number of carbonyl (C=O) groups excluding carboxylic acids is 3. The minimum absolute atomic E-state index is 0.866. The van der Waals surface area contributed by atoms with E-state index in [1.165, 1.54) is 0 Å². The number of alkyl carbamates (subject to hydrolysis) is 1. The number of ether oxygens (including phenoxy) is 3. The van der Waals surface area contributed by atoms with E-state index in [0.717, 1.165) is 14.2 Å². The van der Waals surface area contributed by atoms with Crippen LogP contribution in [0.5, 0.6) is 0 Å². The number of hydrogen-bond donors (Lipinski definition) is 2. The number of methoxy groups -OCH3 is 2. The Balaban J connectivity index is 5.28. The lowest BCUT2D eigenvalue weighted by Crippen LogP contribution is -2.53. The molecule has 0 saturated heterocycles. The average Bonchev–Trinajstić information content (AvgIpc) is 2.33. The van der Waals surface area contributed by atoms with Crippen LogP contribution in [-0.2, 0) is 28.6 Å². The van der Waals surface area contributed by atoms with Crippen molar-refractivity contribution >= 4 is 24.0 Å². The first-order chi connectivity index (χ1) is 9.53. The first-order valence-corrected chi connectivity index (χ1v) is 5.91. The van der Waals surface area contributed by atoms with Gasteiger partial charge in [-0.05, 0) is 20.8 Å². The molecule has 9 heteroatoms. The molecule has 120 valence electrons. The van der Waals surface area contributed by atoms with E-state index in [1.807, 2.05) is 5.32 Å². The van der Waals surface area contributed by atoms with Crippen LogP contribution in [0.1, 0.15) is 20.8 Å². The number of carboxylic acid groups (broad SMARTS) is 1. The molecule has 0 spiro atoms. The van der Waals surface area contributed by atoms with Gasteiger partial charge in [-0.15, -0.1) is 0 Å². The zero-order valence-electron chi connectivity index (χ0n) is 12.5. The highest BCUT2D eigenvalue weighted by Crippen LogP contribution is 2.12. The lowest BCUT2D eigenvalue weighted by molar-refractivity contribution is -0.164. The molecule has 0 radical (unpaired) electrons. The van der Waals surface area contributed by atoms with Crippen molar-refractivity contribution in [2.24, 2.45) is 5.92 Å². The van der Waals surface area contributed by atoms with Gasteiger partial charge >= 0.3 is 24.0 Å². The first-order valence-electron chi connectivity index (χ1n) is 5.91. The highest BCUT2D eigenvalue weighted by atomic mass is 16.6. The predicted octanol–water partition coefficient (Wildman–Crippen LogP) is -0.0735. The van der Waals surface area contributed by atoms with Crippen molar-refractivity contribution in [2.45, 2.75) is 32.4 Å². The van der Waals surface area contributed by atoms with Crippen molar-refractivity contribution in [3.8, 4) is 0 Å². The van der Waals surface area contributed by atoms with Crippen molar-refractivity contribution in [1.82, 2.24) is 5.32 Å². The van der Waals surface area contributed by atoms with Gasteiger partial charge in [-0.1, -0.05) is 0 Å². The fourth-order valence-electron chi connectivity index (χ4n) is 1.35. The van der Waals surface area contributed by atoms with Crippen molar-refractivity contribution < 1.29 is 38.5 Å². The van der Waals surface area contributed by atoms with E-state index in [9.17, 15) is 19.2 Å². The summed E-state index contributed by atoms with van der Waals surface area (Å²) in [5, 5.41) is 11.0. The molecule has 0 aliphatic rings. The minimum Gasteiger partial charge on any atom is -0.481 e. The molecule has 0 aromatic rings. The van der Waals surface area contributed by atoms with Crippen LogP contribution in [-0.4, -0.2) is 55.0 Å². The summed E-state index contributed by atoms with van der Waals surface area (Å²) in [6, 6.07) is -1.77. The minimum atomic E-state index is -1.95. The van der Waals surface area contributed by atoms with Gasteiger partial charge in [-0.2, -0.15) is 0 Å². The molecule has 0 heterocycles. The fourth-order valence-corrected chi connectivity index (χ4v) is 1.35. The van der Waals surface area contributed by atoms with E-state index < -0.39 is 41.6 Å². The molecule has 0 bridgehead atoms. The standard InChI is InChI=1S/C12H19NO8/c1-12(2,3)21-11(18)13-7(10(17)20-5)6(8(14)15)9(16)19-4/h6-7H,1-5H3,(H,13,18)(H,14,15). The largest absolute Gasteiger partial charge is 0.481 e. The molecule has 2 unspecified atom stereocenters. The van der Waals surface area contributed by atoms with E-state index in [4.69, 9.17) is 9.84 Å². The highest BCUT2D eigenvalue weighted by molar-refractivity contribution is 6.00. The molecule has 0 aliphatic heterocycles. The van der Waals surface area contributed by atoms with Crippen LogP contribution in [0.25, 0.3) is 0 Å². The molecule has 0 aliphatic carbocycles. The lowest BCUT2D eigenvalue weighted by atomic mass is 10.0. The van der Waals surface area contributed by atoms with Gasteiger partial charge in [-0.3, -0.25) is 9.59 Å². The topological polar surface area (TPSA) is 128 Å². The lowest BCUT2D eigenvalue weighted by Gasteiger charge is -2.24. The normalized spacial score (nSPS) is 13.6. The molecular weight excluding hydrogens is 286 g/mol. The van der Waals surface area contributed by atoms with Gasteiger partial charge in [-0.25, -0.2) is 9.59 Å². The van der Waals surface area contributed by atoms with Gasteiger partial charge in [0.15, 0.2) is 12.0 Å². The Morgan fingerprint density at radius 3 is 1.81 bits per heavy atom. The second-order valence-electron chi connectivity index (χ2n) is 4.99. The number of rotatable bonds is 5. The summed E-state index contributed by atoms with van der Waals surface area (Å²) in [7, 11) is 1.95. The summed E-state index contributed by atoms with van der Waals surface area (Å²) >= 11 is 0. The monoisotopic (exact) mass is 305 g/mol. The Labute approximate surface area is 121 Å². The quantitative estimate of drug-likeness (QED) is 0.410. The summed E-state index contributed by atoms with van der Waals surface area (Å²) in [5.41, 5.74) is -0.866. The third-order valence-electron chi connectivity index (χ3n) is 2.18. The Morgan fingerprint density at radius 1 is 1.00 bits per heavy atom. The molecule has 0 fully saturated rings. The second-order valence-corrected chi connectivity index (χ2v) is 4.99.